The van der Waals surface area contributed by atoms with E-state index in [2.05, 4.69) is 35.5 Å². The first-order chi connectivity index (χ1) is 15.5. The van der Waals surface area contributed by atoms with E-state index in [-0.39, 0.29) is 18.2 Å². The fourth-order valence-corrected chi connectivity index (χ4v) is 3.32. The van der Waals surface area contributed by atoms with Crippen molar-refractivity contribution in [2.45, 2.75) is 6.04 Å². The molecule has 0 aromatic carbocycles. The number of rotatable bonds is 8. The Balaban J connectivity index is 1.66. The van der Waals surface area contributed by atoms with Crippen LogP contribution in [0.15, 0.2) is 30.9 Å². The van der Waals surface area contributed by atoms with Gasteiger partial charge in [-0.3, -0.25) is 4.98 Å². The number of imidazole rings is 1. The number of aryl methyl sites for hydroxylation is 1. The van der Waals surface area contributed by atoms with Crippen LogP contribution in [0.1, 0.15) is 11.7 Å². The van der Waals surface area contributed by atoms with Crippen LogP contribution in [0.4, 0.5) is 32.2 Å². The Kier molecular flexibility index (Phi) is 6.71. The first kappa shape index (κ1) is 21.8. The minimum absolute atomic E-state index is 0.00728. The topological polar surface area (TPSA) is 102 Å². The summed E-state index contributed by atoms with van der Waals surface area (Å²) in [6, 6.07) is 1.86. The molecule has 10 nitrogen and oxygen atoms in total. The number of hydrogen-bond acceptors (Lipinski definition) is 9. The van der Waals surface area contributed by atoms with Gasteiger partial charge in [0, 0.05) is 45.6 Å². The normalized spacial score (nSPS) is 14.9. The molecule has 1 unspecified atom stereocenters. The van der Waals surface area contributed by atoms with E-state index in [4.69, 9.17) is 9.47 Å². The lowest BCUT2D eigenvalue weighted by atomic mass is 10.2. The second-order valence-electron chi connectivity index (χ2n) is 7.26. The third-order valence-corrected chi connectivity index (χ3v) is 4.81. The second kappa shape index (κ2) is 9.83. The van der Waals surface area contributed by atoms with Crippen molar-refractivity contribution in [3.05, 3.63) is 48.2 Å². The van der Waals surface area contributed by atoms with Crippen LogP contribution < -0.4 is 15.5 Å². The molecule has 12 heteroatoms. The molecule has 1 saturated heterocycles. The van der Waals surface area contributed by atoms with Crippen molar-refractivity contribution in [1.82, 2.24) is 24.5 Å². The molecule has 3 aromatic rings. The SMILES string of the molecule is COCC(Nc1nc(Nc2cn(C)cn2)cc(N2CCOCC2)n1)c1ncc(F)cc1F. The summed E-state index contributed by atoms with van der Waals surface area (Å²) >= 11 is 0. The van der Waals surface area contributed by atoms with Gasteiger partial charge in [-0.05, 0) is 0 Å². The van der Waals surface area contributed by atoms with Crippen LogP contribution in [0, 0.1) is 11.6 Å². The average Bonchev–Trinajstić information content (AvgIpc) is 3.18. The number of morpholine rings is 1. The highest BCUT2D eigenvalue weighted by atomic mass is 19.1. The summed E-state index contributed by atoms with van der Waals surface area (Å²) in [4.78, 5) is 19.3. The minimum atomic E-state index is -0.782. The Morgan fingerprint density at radius 1 is 1.16 bits per heavy atom. The molecule has 0 saturated carbocycles. The van der Waals surface area contributed by atoms with Gasteiger partial charge in [0.1, 0.15) is 34.8 Å². The molecule has 0 bridgehead atoms. The fraction of sp³-hybridized carbons (Fsp3) is 0.400. The number of nitrogens with one attached hydrogen (secondary N) is 2. The van der Waals surface area contributed by atoms with Gasteiger partial charge in [-0.15, -0.1) is 0 Å². The highest BCUT2D eigenvalue weighted by molar-refractivity contribution is 5.59. The number of halogens is 2. The van der Waals surface area contributed by atoms with Gasteiger partial charge in [-0.25, -0.2) is 13.8 Å². The third-order valence-electron chi connectivity index (χ3n) is 4.81. The molecule has 0 spiro atoms. The second-order valence-corrected chi connectivity index (χ2v) is 7.26. The van der Waals surface area contributed by atoms with Crippen molar-refractivity contribution in [3.8, 4) is 0 Å². The van der Waals surface area contributed by atoms with E-state index in [1.807, 2.05) is 23.9 Å². The molecule has 1 aliphatic heterocycles. The Labute approximate surface area is 183 Å². The molecule has 1 aliphatic rings. The van der Waals surface area contributed by atoms with E-state index in [0.717, 1.165) is 12.3 Å². The molecule has 32 heavy (non-hydrogen) atoms. The van der Waals surface area contributed by atoms with Crippen LogP contribution in [0.5, 0.6) is 0 Å². The molecule has 3 aromatic heterocycles. The number of pyridine rings is 1. The van der Waals surface area contributed by atoms with Crippen molar-refractivity contribution in [3.63, 3.8) is 0 Å². The molecule has 2 N–H and O–H groups in total. The number of methoxy groups -OCH3 is 1. The van der Waals surface area contributed by atoms with E-state index >= 15 is 0 Å². The maximum atomic E-state index is 14.4. The van der Waals surface area contributed by atoms with Crippen LogP contribution in [0.25, 0.3) is 0 Å². The molecule has 4 rings (SSSR count). The maximum Gasteiger partial charge on any atom is 0.227 e. The summed E-state index contributed by atoms with van der Waals surface area (Å²) in [5.74, 6) is 0.495. The Morgan fingerprint density at radius 3 is 2.66 bits per heavy atom. The highest BCUT2D eigenvalue weighted by Gasteiger charge is 2.21. The van der Waals surface area contributed by atoms with E-state index in [9.17, 15) is 8.78 Å². The first-order valence-electron chi connectivity index (χ1n) is 10.0. The zero-order chi connectivity index (χ0) is 22.5. The zero-order valence-electron chi connectivity index (χ0n) is 17.8. The Morgan fingerprint density at radius 2 is 1.97 bits per heavy atom. The zero-order valence-corrected chi connectivity index (χ0v) is 17.8. The van der Waals surface area contributed by atoms with Gasteiger partial charge in [0.25, 0.3) is 0 Å². The number of aromatic nitrogens is 5. The summed E-state index contributed by atoms with van der Waals surface area (Å²) < 4.78 is 40.2. The highest BCUT2D eigenvalue weighted by Crippen LogP contribution is 2.25. The minimum Gasteiger partial charge on any atom is -0.382 e. The van der Waals surface area contributed by atoms with Crippen LogP contribution in [0.3, 0.4) is 0 Å². The van der Waals surface area contributed by atoms with Crippen molar-refractivity contribution in [2.75, 3.05) is 55.6 Å². The smallest absolute Gasteiger partial charge is 0.227 e. The molecular formula is C20H24F2N8O2. The largest absolute Gasteiger partial charge is 0.382 e. The summed E-state index contributed by atoms with van der Waals surface area (Å²) in [6.45, 7) is 2.60. The fourth-order valence-electron chi connectivity index (χ4n) is 3.32. The lowest BCUT2D eigenvalue weighted by Crippen LogP contribution is -2.37. The van der Waals surface area contributed by atoms with Gasteiger partial charge in [0.05, 0.1) is 38.4 Å². The number of ether oxygens (including phenoxy) is 2. The molecule has 1 fully saturated rings. The molecule has 4 heterocycles. The Hall–Kier alpha value is -3.38. The summed E-state index contributed by atoms with van der Waals surface area (Å²) in [5, 5.41) is 6.23. The third kappa shape index (κ3) is 5.26. The van der Waals surface area contributed by atoms with E-state index < -0.39 is 17.7 Å². The van der Waals surface area contributed by atoms with Gasteiger partial charge in [0.2, 0.25) is 5.95 Å². The number of hydrogen-bond donors (Lipinski definition) is 2. The van der Waals surface area contributed by atoms with Crippen molar-refractivity contribution < 1.29 is 18.3 Å². The lowest BCUT2D eigenvalue weighted by molar-refractivity contribution is 0.122. The lowest BCUT2D eigenvalue weighted by Gasteiger charge is -2.28. The van der Waals surface area contributed by atoms with Crippen LogP contribution in [-0.2, 0) is 16.5 Å². The molecular weight excluding hydrogens is 422 g/mol. The maximum absolute atomic E-state index is 14.4. The van der Waals surface area contributed by atoms with Crippen LogP contribution in [-0.4, -0.2) is 64.5 Å². The van der Waals surface area contributed by atoms with Crippen molar-refractivity contribution in [1.29, 1.82) is 0 Å². The van der Waals surface area contributed by atoms with Gasteiger partial charge < -0.3 is 29.6 Å². The van der Waals surface area contributed by atoms with Gasteiger partial charge >= 0.3 is 0 Å². The molecule has 0 amide bonds. The van der Waals surface area contributed by atoms with E-state index in [1.165, 1.54) is 7.11 Å². The van der Waals surface area contributed by atoms with Crippen molar-refractivity contribution in [2.24, 2.45) is 7.05 Å². The van der Waals surface area contributed by atoms with Gasteiger partial charge in [-0.2, -0.15) is 9.97 Å². The number of nitrogens with zero attached hydrogens (tertiary/aromatic N) is 6. The van der Waals surface area contributed by atoms with E-state index in [0.29, 0.717) is 43.8 Å². The van der Waals surface area contributed by atoms with Crippen LogP contribution >= 0.6 is 0 Å². The molecule has 170 valence electrons. The number of anilines is 4. The quantitative estimate of drug-likeness (QED) is 0.539. The Bertz CT molecular complexity index is 1060. The van der Waals surface area contributed by atoms with Crippen molar-refractivity contribution >= 4 is 23.4 Å². The summed E-state index contributed by atoms with van der Waals surface area (Å²) in [6.07, 6.45) is 4.44. The monoisotopic (exact) mass is 446 g/mol. The average molecular weight is 446 g/mol. The molecule has 0 aliphatic carbocycles. The predicted molar refractivity (Wildman–Crippen MR) is 114 cm³/mol. The summed E-state index contributed by atoms with van der Waals surface area (Å²) in [7, 11) is 3.35. The van der Waals surface area contributed by atoms with E-state index in [1.54, 1.807) is 6.33 Å². The molecule has 1 atom stereocenters. The standard InChI is InChI=1S/C20H24F2N8O2/c1-29-10-17(24-12-29)26-16-8-18(30-3-5-32-6-4-30)28-20(27-16)25-15(11-31-2)19-14(22)7-13(21)9-23-19/h7-10,12,15H,3-6,11H2,1-2H3,(H2,25,26,27,28). The summed E-state index contributed by atoms with van der Waals surface area (Å²) in [5.41, 5.74) is 0.00728. The molecule has 0 radical (unpaired) electrons. The van der Waals surface area contributed by atoms with Gasteiger partial charge in [0.15, 0.2) is 0 Å². The van der Waals surface area contributed by atoms with Crippen LogP contribution in [0.2, 0.25) is 0 Å². The van der Waals surface area contributed by atoms with Gasteiger partial charge in [-0.1, -0.05) is 0 Å². The predicted octanol–water partition coefficient (Wildman–Crippen LogP) is 2.26. The first-order valence-corrected chi connectivity index (χ1v) is 10.0.